The van der Waals surface area contributed by atoms with Crippen molar-refractivity contribution in [3.8, 4) is 0 Å². The molecule has 0 radical (unpaired) electrons. The number of guanidine groups is 1. The largest absolute Gasteiger partial charge is 0.356 e. The third-order valence-electron chi connectivity index (χ3n) is 4.44. The molecule has 6 nitrogen and oxygen atoms in total. The van der Waals surface area contributed by atoms with Gasteiger partial charge in [-0.2, -0.15) is 0 Å². The number of rotatable bonds is 6. The van der Waals surface area contributed by atoms with Crippen LogP contribution in [0.25, 0.3) is 0 Å². The summed E-state index contributed by atoms with van der Waals surface area (Å²) >= 11 is 0. The maximum absolute atomic E-state index is 11.0. The first-order valence-corrected chi connectivity index (χ1v) is 9.41. The van der Waals surface area contributed by atoms with Gasteiger partial charge in [0, 0.05) is 37.1 Å². The van der Waals surface area contributed by atoms with Gasteiger partial charge in [0.05, 0.1) is 6.26 Å². The maximum Gasteiger partial charge on any atom is 0.208 e. The van der Waals surface area contributed by atoms with Crippen molar-refractivity contribution in [3.05, 3.63) is 0 Å². The Morgan fingerprint density at radius 1 is 1.29 bits per heavy atom. The van der Waals surface area contributed by atoms with Crippen LogP contribution in [0.5, 0.6) is 0 Å². The van der Waals surface area contributed by atoms with Crippen molar-refractivity contribution in [1.82, 2.24) is 14.9 Å². The number of hydrogen-bond donors (Lipinski definition) is 2. The van der Waals surface area contributed by atoms with Gasteiger partial charge in [0.15, 0.2) is 5.96 Å². The monoisotopic (exact) mass is 318 g/mol. The second-order valence-corrected chi connectivity index (χ2v) is 8.62. The third-order valence-corrected chi connectivity index (χ3v) is 5.16. The summed E-state index contributed by atoms with van der Waals surface area (Å²) in [6.07, 6.45) is 1.87. The lowest BCUT2D eigenvalue weighted by molar-refractivity contribution is -0.0667. The lowest BCUT2D eigenvalue weighted by Crippen LogP contribution is -2.72. The summed E-state index contributed by atoms with van der Waals surface area (Å²) in [7, 11) is -3.10. The van der Waals surface area contributed by atoms with Gasteiger partial charge >= 0.3 is 0 Å². The minimum Gasteiger partial charge on any atom is -0.356 e. The molecule has 0 aromatic carbocycles. The molecule has 1 saturated heterocycles. The quantitative estimate of drug-likeness (QED) is 0.435. The lowest BCUT2D eigenvalue weighted by atomic mass is 9.65. The Labute approximate surface area is 129 Å². The van der Waals surface area contributed by atoms with Gasteiger partial charge in [-0.1, -0.05) is 13.8 Å². The second kappa shape index (κ2) is 6.52. The molecule has 2 N–H and O–H groups in total. The summed E-state index contributed by atoms with van der Waals surface area (Å²) in [6.45, 7) is 13.9. The third kappa shape index (κ3) is 4.57. The van der Waals surface area contributed by atoms with E-state index in [1.165, 1.54) is 6.26 Å². The van der Waals surface area contributed by atoms with Gasteiger partial charge in [0.1, 0.15) is 0 Å². The average molecular weight is 318 g/mol. The van der Waals surface area contributed by atoms with Crippen LogP contribution in [-0.4, -0.2) is 57.3 Å². The van der Waals surface area contributed by atoms with Gasteiger partial charge in [0.25, 0.3) is 0 Å². The van der Waals surface area contributed by atoms with Crippen LogP contribution in [0.3, 0.4) is 0 Å². The molecule has 7 heteroatoms. The van der Waals surface area contributed by atoms with E-state index in [-0.39, 0.29) is 11.0 Å². The van der Waals surface area contributed by atoms with E-state index in [0.29, 0.717) is 19.5 Å². The van der Waals surface area contributed by atoms with Crippen LogP contribution in [0, 0.1) is 5.41 Å². The Hall–Kier alpha value is -0.820. The fourth-order valence-electron chi connectivity index (χ4n) is 2.32. The highest BCUT2D eigenvalue weighted by Gasteiger charge is 2.53. The molecule has 0 aliphatic carbocycles. The Kier molecular flexibility index (Phi) is 5.66. The minimum atomic E-state index is -3.10. The summed E-state index contributed by atoms with van der Waals surface area (Å²) in [6, 6.07) is 0. The molecule has 0 spiro atoms. The highest BCUT2D eigenvalue weighted by molar-refractivity contribution is 7.88. The Morgan fingerprint density at radius 2 is 1.90 bits per heavy atom. The lowest BCUT2D eigenvalue weighted by Gasteiger charge is -2.62. The van der Waals surface area contributed by atoms with E-state index in [4.69, 9.17) is 0 Å². The molecule has 21 heavy (non-hydrogen) atoms. The molecule has 124 valence electrons. The predicted molar refractivity (Wildman–Crippen MR) is 88.0 cm³/mol. The average Bonchev–Trinajstić information content (AvgIpc) is 2.33. The van der Waals surface area contributed by atoms with Gasteiger partial charge in [0.2, 0.25) is 10.0 Å². The first-order chi connectivity index (χ1) is 9.51. The number of hydrogen-bond acceptors (Lipinski definition) is 3. The zero-order chi connectivity index (χ0) is 16.3. The predicted octanol–water partition coefficient (Wildman–Crippen LogP) is 1.01. The number of likely N-dealkylation sites (tertiary alicyclic amines) is 1. The van der Waals surface area contributed by atoms with E-state index in [0.717, 1.165) is 19.0 Å². The topological polar surface area (TPSA) is 73.8 Å². The van der Waals surface area contributed by atoms with Gasteiger partial charge < -0.3 is 10.2 Å². The molecule has 1 aliphatic rings. The molecule has 0 saturated carbocycles. The normalized spacial score (nSPS) is 21.0. The Balaban J connectivity index is 2.56. The summed E-state index contributed by atoms with van der Waals surface area (Å²) in [5, 5.41) is 3.32. The van der Waals surface area contributed by atoms with Crippen LogP contribution in [-0.2, 0) is 10.0 Å². The fraction of sp³-hybridized carbons (Fsp3) is 0.929. The van der Waals surface area contributed by atoms with E-state index in [9.17, 15) is 8.42 Å². The minimum absolute atomic E-state index is 0.0685. The molecule has 1 rings (SSSR count). The molecular formula is C14H30N4O2S. The van der Waals surface area contributed by atoms with Crippen LogP contribution in [0.15, 0.2) is 4.99 Å². The zero-order valence-electron chi connectivity index (χ0n) is 14.2. The van der Waals surface area contributed by atoms with Crippen LogP contribution < -0.4 is 10.0 Å². The smallest absolute Gasteiger partial charge is 0.208 e. The SMILES string of the molecule is CCNC(=NCCCNS(C)(=O)=O)N1CC(C)(C)C1(C)C. The van der Waals surface area contributed by atoms with Crippen molar-refractivity contribution in [2.45, 2.75) is 46.6 Å². The molecule has 0 bridgehead atoms. The number of nitrogens with one attached hydrogen (secondary N) is 2. The van der Waals surface area contributed by atoms with E-state index in [1.807, 2.05) is 0 Å². The highest BCUT2D eigenvalue weighted by atomic mass is 32.2. The first-order valence-electron chi connectivity index (χ1n) is 7.52. The molecule has 1 fully saturated rings. The van der Waals surface area contributed by atoms with Crippen LogP contribution in [0.4, 0.5) is 0 Å². The molecule has 1 aliphatic heterocycles. The van der Waals surface area contributed by atoms with Crippen molar-refractivity contribution in [2.75, 3.05) is 32.4 Å². The van der Waals surface area contributed by atoms with Gasteiger partial charge in [-0.05, 0) is 27.2 Å². The standard InChI is InChI=1S/C14H30N4O2S/c1-7-15-12(16-9-8-10-17-21(6,19)20)18-11-13(2,3)14(18,4)5/h17H,7-11H2,1-6H3,(H,15,16). The van der Waals surface area contributed by atoms with Crippen LogP contribution in [0.1, 0.15) is 41.0 Å². The molecular weight excluding hydrogens is 288 g/mol. The van der Waals surface area contributed by atoms with Crippen molar-refractivity contribution >= 4 is 16.0 Å². The molecule has 0 aromatic rings. The highest BCUT2D eigenvalue weighted by Crippen LogP contribution is 2.46. The molecule has 0 amide bonds. The van der Waals surface area contributed by atoms with Gasteiger partial charge in [-0.3, -0.25) is 4.99 Å². The number of nitrogens with zero attached hydrogens (tertiary/aromatic N) is 2. The Bertz CT molecular complexity index is 483. The van der Waals surface area contributed by atoms with Crippen molar-refractivity contribution < 1.29 is 8.42 Å². The zero-order valence-corrected chi connectivity index (χ0v) is 15.0. The van der Waals surface area contributed by atoms with E-state index < -0.39 is 10.0 Å². The van der Waals surface area contributed by atoms with Crippen LogP contribution in [0.2, 0.25) is 0 Å². The second-order valence-electron chi connectivity index (χ2n) is 6.78. The maximum atomic E-state index is 11.0. The van der Waals surface area contributed by atoms with Crippen molar-refractivity contribution in [2.24, 2.45) is 10.4 Å². The summed E-state index contributed by atoms with van der Waals surface area (Å²) in [4.78, 5) is 6.91. The fourth-order valence-corrected chi connectivity index (χ4v) is 2.83. The number of aliphatic imine (C=N–C) groups is 1. The Morgan fingerprint density at radius 3 is 2.33 bits per heavy atom. The summed E-state index contributed by atoms with van der Waals surface area (Å²) < 4.78 is 24.5. The molecule has 1 heterocycles. The van der Waals surface area contributed by atoms with Gasteiger partial charge in [-0.15, -0.1) is 0 Å². The first kappa shape index (κ1) is 18.2. The molecule has 0 aromatic heterocycles. The van der Waals surface area contributed by atoms with E-state index in [2.05, 4.69) is 54.5 Å². The van der Waals surface area contributed by atoms with E-state index in [1.54, 1.807) is 0 Å². The number of sulfonamides is 1. The summed E-state index contributed by atoms with van der Waals surface area (Å²) in [5.74, 6) is 0.918. The summed E-state index contributed by atoms with van der Waals surface area (Å²) in [5.41, 5.74) is 0.333. The molecule has 0 unspecified atom stereocenters. The van der Waals surface area contributed by atoms with Crippen molar-refractivity contribution in [3.63, 3.8) is 0 Å². The van der Waals surface area contributed by atoms with E-state index >= 15 is 0 Å². The van der Waals surface area contributed by atoms with Crippen molar-refractivity contribution in [1.29, 1.82) is 0 Å². The van der Waals surface area contributed by atoms with Gasteiger partial charge in [-0.25, -0.2) is 13.1 Å². The molecule has 0 atom stereocenters. The van der Waals surface area contributed by atoms with Crippen LogP contribution >= 0.6 is 0 Å².